The number of thioether (sulfide) groups is 2. The van der Waals surface area contributed by atoms with Crippen LogP contribution in [0, 0.1) is 11.6 Å². The van der Waals surface area contributed by atoms with Gasteiger partial charge in [-0.25, -0.2) is 18.4 Å². The van der Waals surface area contributed by atoms with E-state index in [0.717, 1.165) is 22.6 Å². The Bertz CT molecular complexity index is 989. The second-order valence-electron chi connectivity index (χ2n) is 7.34. The van der Waals surface area contributed by atoms with Crippen LogP contribution in [-0.4, -0.2) is 41.7 Å². The summed E-state index contributed by atoms with van der Waals surface area (Å²) < 4.78 is 29.5. The Hall–Kier alpha value is -1.94. The van der Waals surface area contributed by atoms with Crippen LogP contribution in [0.1, 0.15) is 31.1 Å². The number of aliphatic hydroxyl groups excluding tert-OH is 1. The van der Waals surface area contributed by atoms with Crippen molar-refractivity contribution >= 4 is 23.5 Å². The Labute approximate surface area is 188 Å². The lowest BCUT2D eigenvalue weighted by Gasteiger charge is -2.36. The molecule has 0 amide bonds. The zero-order chi connectivity index (χ0) is 22.6. The first kappa shape index (κ1) is 23.7. The van der Waals surface area contributed by atoms with E-state index in [2.05, 4.69) is 10.1 Å². The van der Waals surface area contributed by atoms with Gasteiger partial charge in [-0.2, -0.15) is 5.10 Å². The maximum atomic E-state index is 14.7. The predicted octanol–water partition coefficient (Wildman–Crippen LogP) is 4.41. The third kappa shape index (κ3) is 5.46. The molecule has 0 bridgehead atoms. The highest BCUT2D eigenvalue weighted by atomic mass is 32.2. The Balaban J connectivity index is 1.85. The molecule has 31 heavy (non-hydrogen) atoms. The van der Waals surface area contributed by atoms with Gasteiger partial charge in [0.2, 0.25) is 0 Å². The van der Waals surface area contributed by atoms with Crippen LogP contribution in [0.2, 0.25) is 0 Å². The average molecular weight is 466 g/mol. The standard InChI is InChI=1S/C22H25F2N3O2S2/c1-14(21(28)16-4-7-18(30-3)8-5-16)31-15(2)22(29,11-27-13-25-12-26-27)19-9-6-17(23)10-20(19)24/h4-10,12-15,21,28-29H,11H2,1-3H3/t14?,15-,21?,22-/m1/s1. The monoisotopic (exact) mass is 465 g/mol. The fourth-order valence-corrected chi connectivity index (χ4v) is 5.20. The third-order valence-electron chi connectivity index (χ3n) is 5.26. The lowest BCUT2D eigenvalue weighted by molar-refractivity contribution is 0.0129. The van der Waals surface area contributed by atoms with Crippen LogP contribution in [0.15, 0.2) is 60.0 Å². The Morgan fingerprint density at radius 2 is 1.84 bits per heavy atom. The molecule has 0 aliphatic carbocycles. The summed E-state index contributed by atoms with van der Waals surface area (Å²) in [4.78, 5) is 4.97. The Kier molecular flexibility index (Phi) is 7.74. The van der Waals surface area contributed by atoms with Crippen molar-refractivity contribution in [1.82, 2.24) is 14.8 Å². The summed E-state index contributed by atoms with van der Waals surface area (Å²) >= 11 is 2.94. The maximum absolute atomic E-state index is 14.7. The summed E-state index contributed by atoms with van der Waals surface area (Å²) in [6.45, 7) is 3.53. The van der Waals surface area contributed by atoms with Gasteiger partial charge in [-0.1, -0.05) is 32.0 Å². The molecule has 2 N–H and O–H groups in total. The fraction of sp³-hybridized carbons (Fsp3) is 0.364. The molecule has 1 heterocycles. The van der Waals surface area contributed by atoms with Crippen LogP contribution in [0.4, 0.5) is 8.78 Å². The van der Waals surface area contributed by atoms with E-state index in [1.165, 1.54) is 35.2 Å². The summed E-state index contributed by atoms with van der Waals surface area (Å²) in [5, 5.41) is 25.6. The van der Waals surface area contributed by atoms with Gasteiger partial charge in [0, 0.05) is 27.0 Å². The molecule has 2 aromatic carbocycles. The number of benzene rings is 2. The van der Waals surface area contributed by atoms with Gasteiger partial charge in [0.1, 0.15) is 29.9 Å². The van der Waals surface area contributed by atoms with Crippen molar-refractivity contribution < 1.29 is 19.0 Å². The lowest BCUT2D eigenvalue weighted by atomic mass is 9.90. The molecule has 5 nitrogen and oxygen atoms in total. The second kappa shape index (κ2) is 10.1. The van der Waals surface area contributed by atoms with E-state index < -0.39 is 28.6 Å². The van der Waals surface area contributed by atoms with Gasteiger partial charge in [0.05, 0.1) is 12.6 Å². The average Bonchev–Trinajstić information content (AvgIpc) is 3.25. The minimum absolute atomic E-state index is 0.0320. The van der Waals surface area contributed by atoms with E-state index in [0.29, 0.717) is 0 Å². The van der Waals surface area contributed by atoms with Crippen molar-refractivity contribution in [2.75, 3.05) is 6.26 Å². The van der Waals surface area contributed by atoms with E-state index in [1.54, 1.807) is 18.7 Å². The van der Waals surface area contributed by atoms with Gasteiger partial charge in [-0.15, -0.1) is 23.5 Å². The summed E-state index contributed by atoms with van der Waals surface area (Å²) in [6, 6.07) is 10.8. The van der Waals surface area contributed by atoms with Crippen LogP contribution in [0.3, 0.4) is 0 Å². The molecule has 3 aromatic rings. The van der Waals surface area contributed by atoms with Gasteiger partial charge < -0.3 is 10.2 Å². The zero-order valence-electron chi connectivity index (χ0n) is 17.4. The largest absolute Gasteiger partial charge is 0.387 e. The van der Waals surface area contributed by atoms with Gasteiger partial charge >= 0.3 is 0 Å². The number of aromatic nitrogens is 3. The molecule has 0 fully saturated rings. The summed E-state index contributed by atoms with van der Waals surface area (Å²) in [7, 11) is 0. The second-order valence-corrected chi connectivity index (χ2v) is 9.95. The molecular formula is C22H25F2N3O2S2. The molecule has 0 saturated carbocycles. The van der Waals surface area contributed by atoms with Gasteiger partial charge in [0.15, 0.2) is 0 Å². The molecule has 0 spiro atoms. The molecule has 0 aliphatic heterocycles. The normalized spacial score (nSPS) is 16.5. The SMILES string of the molecule is CSc1ccc(C(O)C(C)S[C@H](C)[C@](O)(Cn2cncn2)c2ccc(F)cc2F)cc1. The van der Waals surface area contributed by atoms with E-state index in [4.69, 9.17) is 0 Å². The highest BCUT2D eigenvalue weighted by Crippen LogP contribution is 2.40. The fourth-order valence-electron chi connectivity index (χ4n) is 3.42. The lowest BCUT2D eigenvalue weighted by Crippen LogP contribution is -2.42. The van der Waals surface area contributed by atoms with E-state index in [1.807, 2.05) is 37.4 Å². The molecular weight excluding hydrogens is 440 g/mol. The van der Waals surface area contributed by atoms with Crippen molar-refractivity contribution in [2.45, 2.75) is 47.5 Å². The number of rotatable bonds is 9. The van der Waals surface area contributed by atoms with Crippen molar-refractivity contribution in [2.24, 2.45) is 0 Å². The molecule has 9 heteroatoms. The first-order valence-corrected chi connectivity index (χ1v) is 11.9. The Morgan fingerprint density at radius 3 is 2.42 bits per heavy atom. The number of nitrogens with zero attached hydrogens (tertiary/aromatic N) is 3. The van der Waals surface area contributed by atoms with Crippen molar-refractivity contribution in [3.63, 3.8) is 0 Å². The van der Waals surface area contributed by atoms with Crippen LogP contribution in [-0.2, 0) is 12.1 Å². The first-order valence-electron chi connectivity index (χ1n) is 9.72. The topological polar surface area (TPSA) is 71.2 Å². The van der Waals surface area contributed by atoms with Crippen molar-refractivity contribution in [3.8, 4) is 0 Å². The quantitative estimate of drug-likeness (QED) is 0.456. The molecule has 3 rings (SSSR count). The number of hydrogen-bond acceptors (Lipinski definition) is 6. The minimum Gasteiger partial charge on any atom is -0.387 e. The van der Waals surface area contributed by atoms with E-state index >= 15 is 0 Å². The molecule has 4 atom stereocenters. The summed E-state index contributed by atoms with van der Waals surface area (Å²) in [5.74, 6) is -1.56. The van der Waals surface area contributed by atoms with Crippen LogP contribution in [0.25, 0.3) is 0 Å². The molecule has 1 aromatic heterocycles. The number of hydrogen-bond donors (Lipinski definition) is 2. The van der Waals surface area contributed by atoms with E-state index in [9.17, 15) is 19.0 Å². The summed E-state index contributed by atoms with van der Waals surface area (Å²) in [6.07, 6.45) is 3.95. The van der Waals surface area contributed by atoms with Gasteiger partial charge in [-0.3, -0.25) is 0 Å². The molecule has 0 saturated heterocycles. The number of aliphatic hydroxyl groups is 2. The molecule has 166 valence electrons. The van der Waals surface area contributed by atoms with Crippen LogP contribution in [0.5, 0.6) is 0 Å². The zero-order valence-corrected chi connectivity index (χ0v) is 19.1. The minimum atomic E-state index is -1.72. The van der Waals surface area contributed by atoms with Crippen molar-refractivity contribution in [1.29, 1.82) is 0 Å². The third-order valence-corrected chi connectivity index (χ3v) is 7.49. The molecule has 0 aliphatic rings. The van der Waals surface area contributed by atoms with Crippen LogP contribution < -0.4 is 0 Å². The Morgan fingerprint density at radius 1 is 1.13 bits per heavy atom. The first-order chi connectivity index (χ1) is 14.7. The predicted molar refractivity (Wildman–Crippen MR) is 120 cm³/mol. The molecule has 2 unspecified atom stereocenters. The van der Waals surface area contributed by atoms with E-state index in [-0.39, 0.29) is 17.4 Å². The van der Waals surface area contributed by atoms with Gasteiger partial charge in [0.25, 0.3) is 0 Å². The van der Waals surface area contributed by atoms with Crippen LogP contribution >= 0.6 is 23.5 Å². The number of halogens is 2. The molecule has 0 radical (unpaired) electrons. The smallest absolute Gasteiger partial charge is 0.137 e. The summed E-state index contributed by atoms with van der Waals surface area (Å²) in [5.41, 5.74) is -0.986. The maximum Gasteiger partial charge on any atom is 0.137 e. The van der Waals surface area contributed by atoms with Gasteiger partial charge in [-0.05, 0) is 30.0 Å². The highest BCUT2D eigenvalue weighted by molar-refractivity contribution is 8.00. The highest BCUT2D eigenvalue weighted by Gasteiger charge is 2.41. The van der Waals surface area contributed by atoms with Crippen molar-refractivity contribution in [3.05, 3.63) is 77.9 Å².